The van der Waals surface area contributed by atoms with Gasteiger partial charge < -0.3 is 10.1 Å². The summed E-state index contributed by atoms with van der Waals surface area (Å²) in [6.07, 6.45) is 1.67. The molecule has 1 N–H and O–H groups in total. The molecule has 1 saturated heterocycles. The molecule has 0 bridgehead atoms. The van der Waals surface area contributed by atoms with Gasteiger partial charge in [-0.15, -0.1) is 0 Å². The van der Waals surface area contributed by atoms with Crippen LogP contribution in [0.2, 0.25) is 0 Å². The monoisotopic (exact) mass is 621 g/mol. The van der Waals surface area contributed by atoms with Gasteiger partial charge in [0.05, 0.1) is 22.1 Å². The zero-order valence-electron chi connectivity index (χ0n) is 20.7. The van der Waals surface area contributed by atoms with Crippen molar-refractivity contribution in [2.75, 3.05) is 35.9 Å². The molecule has 0 aromatic heterocycles. The summed E-state index contributed by atoms with van der Waals surface area (Å²) in [5, 5.41) is 2.67. The number of nitrogens with zero attached hydrogens (tertiary/aromatic N) is 2. The standard InChI is InChI=1S/C26H28BrN3O6S2/c1-2-36-23-11-9-22(10-12-23)30(38(34,35)25-13-5-20(27)6-14-25)19-26(31)28-21-7-15-24(16-8-21)37(32,33)29-17-3-4-18-29/h5-16H,2-4,17-19H2,1H3,(H,28,31). The van der Waals surface area contributed by atoms with E-state index in [4.69, 9.17) is 4.74 Å². The van der Waals surface area contributed by atoms with Gasteiger partial charge in [-0.25, -0.2) is 16.8 Å². The summed E-state index contributed by atoms with van der Waals surface area (Å²) < 4.78 is 61.3. The van der Waals surface area contributed by atoms with Gasteiger partial charge in [0.15, 0.2) is 0 Å². The number of amides is 1. The minimum Gasteiger partial charge on any atom is -0.494 e. The molecule has 4 rings (SSSR count). The van der Waals surface area contributed by atoms with Gasteiger partial charge in [-0.05, 0) is 92.6 Å². The smallest absolute Gasteiger partial charge is 0.264 e. The van der Waals surface area contributed by atoms with Crippen molar-refractivity contribution < 1.29 is 26.4 Å². The molecule has 0 aliphatic carbocycles. The fourth-order valence-electron chi connectivity index (χ4n) is 4.04. The van der Waals surface area contributed by atoms with Crippen LogP contribution in [0.25, 0.3) is 0 Å². The van der Waals surface area contributed by atoms with Gasteiger partial charge in [-0.1, -0.05) is 15.9 Å². The van der Waals surface area contributed by atoms with Crippen molar-refractivity contribution >= 4 is 53.3 Å². The van der Waals surface area contributed by atoms with Crippen LogP contribution in [-0.2, 0) is 24.8 Å². The lowest BCUT2D eigenvalue weighted by Crippen LogP contribution is -2.38. The van der Waals surface area contributed by atoms with Gasteiger partial charge in [0.1, 0.15) is 12.3 Å². The third-order valence-corrected chi connectivity index (χ3v) is 10.2. The lowest BCUT2D eigenvalue weighted by molar-refractivity contribution is -0.114. The first-order valence-corrected chi connectivity index (χ1v) is 15.7. The summed E-state index contributed by atoms with van der Waals surface area (Å²) in [6.45, 7) is 2.79. The maximum Gasteiger partial charge on any atom is 0.264 e. The minimum atomic E-state index is -4.09. The van der Waals surface area contributed by atoms with Crippen LogP contribution in [0.15, 0.2) is 87.1 Å². The Morgan fingerprint density at radius 3 is 2.05 bits per heavy atom. The van der Waals surface area contributed by atoms with Crippen molar-refractivity contribution in [3.63, 3.8) is 0 Å². The molecule has 3 aromatic rings. The number of nitrogens with one attached hydrogen (secondary N) is 1. The van der Waals surface area contributed by atoms with E-state index >= 15 is 0 Å². The third-order valence-electron chi connectivity index (χ3n) is 5.97. The van der Waals surface area contributed by atoms with E-state index < -0.39 is 32.5 Å². The van der Waals surface area contributed by atoms with E-state index in [0.29, 0.717) is 36.8 Å². The Kier molecular flexibility index (Phi) is 8.76. The first kappa shape index (κ1) is 28.1. The van der Waals surface area contributed by atoms with Crippen LogP contribution >= 0.6 is 15.9 Å². The van der Waals surface area contributed by atoms with Crippen LogP contribution in [0.4, 0.5) is 11.4 Å². The summed E-state index contributed by atoms with van der Waals surface area (Å²) in [5.41, 5.74) is 0.640. The summed E-state index contributed by atoms with van der Waals surface area (Å²) in [4.78, 5) is 13.2. The van der Waals surface area contributed by atoms with Crippen molar-refractivity contribution in [2.45, 2.75) is 29.6 Å². The average molecular weight is 623 g/mol. The van der Waals surface area contributed by atoms with Crippen LogP contribution in [-0.4, -0.2) is 53.3 Å². The highest BCUT2D eigenvalue weighted by molar-refractivity contribution is 9.10. The van der Waals surface area contributed by atoms with Gasteiger partial charge in [0, 0.05) is 23.2 Å². The zero-order chi connectivity index (χ0) is 27.3. The van der Waals surface area contributed by atoms with Crippen molar-refractivity contribution in [3.8, 4) is 5.75 Å². The molecule has 202 valence electrons. The van der Waals surface area contributed by atoms with Crippen LogP contribution < -0.4 is 14.4 Å². The van der Waals surface area contributed by atoms with Crippen LogP contribution in [0.5, 0.6) is 5.75 Å². The molecular formula is C26H28BrN3O6S2. The molecular weight excluding hydrogens is 594 g/mol. The van der Waals surface area contributed by atoms with Crippen LogP contribution in [0.3, 0.4) is 0 Å². The maximum atomic E-state index is 13.6. The van der Waals surface area contributed by atoms with Gasteiger partial charge in [0.25, 0.3) is 10.0 Å². The minimum absolute atomic E-state index is 0.0267. The fraction of sp³-hybridized carbons (Fsp3) is 0.269. The molecule has 0 saturated carbocycles. The van der Waals surface area contributed by atoms with E-state index in [1.807, 2.05) is 6.92 Å². The normalized spacial score (nSPS) is 14.3. The van der Waals surface area contributed by atoms with Crippen molar-refractivity contribution in [1.82, 2.24) is 4.31 Å². The first-order valence-electron chi connectivity index (χ1n) is 12.0. The summed E-state index contributed by atoms with van der Waals surface area (Å²) in [5.74, 6) is -0.0135. The lowest BCUT2D eigenvalue weighted by atomic mass is 10.3. The molecule has 1 amide bonds. The molecule has 9 nitrogen and oxygen atoms in total. The van der Waals surface area contributed by atoms with E-state index in [1.54, 1.807) is 36.4 Å². The second kappa shape index (κ2) is 11.9. The largest absolute Gasteiger partial charge is 0.494 e. The quantitative estimate of drug-likeness (QED) is 0.357. The Morgan fingerprint density at radius 2 is 1.47 bits per heavy atom. The summed E-state index contributed by atoms with van der Waals surface area (Å²) >= 11 is 3.30. The van der Waals surface area contributed by atoms with E-state index in [0.717, 1.165) is 21.6 Å². The number of rotatable bonds is 10. The van der Waals surface area contributed by atoms with Crippen LogP contribution in [0, 0.1) is 0 Å². The second-order valence-electron chi connectivity index (χ2n) is 8.58. The highest BCUT2D eigenvalue weighted by atomic mass is 79.9. The lowest BCUT2D eigenvalue weighted by Gasteiger charge is -2.24. The SMILES string of the molecule is CCOc1ccc(N(CC(=O)Nc2ccc(S(=O)(=O)N3CCCC3)cc2)S(=O)(=O)c2ccc(Br)cc2)cc1. The molecule has 0 atom stereocenters. The number of hydrogen-bond acceptors (Lipinski definition) is 6. The maximum absolute atomic E-state index is 13.6. The Hall–Kier alpha value is -2.93. The van der Waals surface area contributed by atoms with E-state index in [2.05, 4.69) is 21.2 Å². The number of carbonyl (C=O) groups excluding carboxylic acids is 1. The van der Waals surface area contributed by atoms with E-state index in [1.165, 1.54) is 40.7 Å². The molecule has 0 spiro atoms. The zero-order valence-corrected chi connectivity index (χ0v) is 23.9. The average Bonchev–Trinajstić information content (AvgIpc) is 3.45. The summed E-state index contributed by atoms with van der Waals surface area (Å²) in [7, 11) is -7.67. The van der Waals surface area contributed by atoms with E-state index in [-0.39, 0.29) is 9.79 Å². The Labute approximate surface area is 231 Å². The molecule has 1 aliphatic heterocycles. The van der Waals surface area contributed by atoms with Gasteiger partial charge in [0.2, 0.25) is 15.9 Å². The van der Waals surface area contributed by atoms with Crippen molar-refractivity contribution in [1.29, 1.82) is 0 Å². The number of carbonyl (C=O) groups is 1. The molecule has 12 heteroatoms. The van der Waals surface area contributed by atoms with E-state index in [9.17, 15) is 21.6 Å². The van der Waals surface area contributed by atoms with Gasteiger partial charge in [-0.2, -0.15) is 4.31 Å². The number of ether oxygens (including phenoxy) is 1. The molecule has 38 heavy (non-hydrogen) atoms. The molecule has 1 aliphatic rings. The molecule has 3 aromatic carbocycles. The molecule has 0 unspecified atom stereocenters. The number of hydrogen-bond donors (Lipinski definition) is 1. The van der Waals surface area contributed by atoms with Crippen LogP contribution in [0.1, 0.15) is 19.8 Å². The Balaban J connectivity index is 1.55. The van der Waals surface area contributed by atoms with Crippen molar-refractivity contribution in [2.24, 2.45) is 0 Å². The predicted molar refractivity (Wildman–Crippen MR) is 149 cm³/mol. The highest BCUT2D eigenvalue weighted by Gasteiger charge is 2.29. The molecule has 1 fully saturated rings. The summed E-state index contributed by atoms with van der Waals surface area (Å²) in [6, 6.07) is 18.4. The highest BCUT2D eigenvalue weighted by Crippen LogP contribution is 2.27. The van der Waals surface area contributed by atoms with Gasteiger partial charge in [-0.3, -0.25) is 9.10 Å². The number of sulfonamides is 2. The number of benzene rings is 3. The third kappa shape index (κ3) is 6.37. The second-order valence-corrected chi connectivity index (χ2v) is 13.3. The fourth-order valence-corrected chi connectivity index (χ4v) is 7.25. The predicted octanol–water partition coefficient (Wildman–Crippen LogP) is 4.47. The Morgan fingerprint density at radius 1 is 0.895 bits per heavy atom. The molecule has 1 heterocycles. The molecule has 0 radical (unpaired) electrons. The van der Waals surface area contributed by atoms with Crippen molar-refractivity contribution in [3.05, 3.63) is 77.3 Å². The number of halogens is 1. The van der Waals surface area contributed by atoms with Gasteiger partial charge >= 0.3 is 0 Å². The number of anilines is 2. The first-order chi connectivity index (χ1) is 18.1. The topological polar surface area (TPSA) is 113 Å². The Bertz CT molecular complexity index is 1470.